The number of thioether (sulfide) groups is 1. The highest BCUT2D eigenvalue weighted by molar-refractivity contribution is 8.00. The number of urea groups is 1. The van der Waals surface area contributed by atoms with Crippen LogP contribution in [0, 0.1) is 5.92 Å². The van der Waals surface area contributed by atoms with Gasteiger partial charge >= 0.3 is 6.03 Å². The van der Waals surface area contributed by atoms with E-state index in [1.807, 2.05) is 36.0 Å². The number of ketones is 1. The summed E-state index contributed by atoms with van der Waals surface area (Å²) in [7, 11) is 0. The largest absolute Gasteiger partial charge is 0.332 e. The van der Waals surface area contributed by atoms with Crippen molar-refractivity contribution in [3.05, 3.63) is 71.8 Å². The van der Waals surface area contributed by atoms with Gasteiger partial charge in [0.25, 0.3) is 0 Å². The van der Waals surface area contributed by atoms with Gasteiger partial charge in [0.05, 0.1) is 12.1 Å². The molecule has 5 heteroatoms. The lowest BCUT2D eigenvalue weighted by Gasteiger charge is -2.38. The summed E-state index contributed by atoms with van der Waals surface area (Å²) in [4.78, 5) is 27.5. The van der Waals surface area contributed by atoms with Crippen molar-refractivity contribution < 1.29 is 9.59 Å². The first-order chi connectivity index (χ1) is 14.2. The van der Waals surface area contributed by atoms with Crippen LogP contribution in [-0.4, -0.2) is 34.6 Å². The summed E-state index contributed by atoms with van der Waals surface area (Å²) in [5.74, 6) is 1.15. The zero-order chi connectivity index (χ0) is 19.8. The summed E-state index contributed by atoms with van der Waals surface area (Å²) in [6, 6.07) is 20.7. The van der Waals surface area contributed by atoms with Crippen LogP contribution < -0.4 is 5.32 Å². The first-order valence-electron chi connectivity index (χ1n) is 10.5. The smallest absolute Gasteiger partial charge is 0.319 e. The first-order valence-corrected chi connectivity index (χ1v) is 11.5. The van der Waals surface area contributed by atoms with Gasteiger partial charge in [-0.1, -0.05) is 67.1 Å². The van der Waals surface area contributed by atoms with E-state index >= 15 is 0 Å². The number of hydrogen-bond acceptors (Lipinski definition) is 3. The molecule has 4 atom stereocenters. The summed E-state index contributed by atoms with van der Waals surface area (Å²) in [6.07, 6.45) is 4.38. The number of Topliss-reactive ketones (excluding diaryl/α,β-unsaturated/α-hetero) is 1. The molecule has 150 valence electrons. The van der Waals surface area contributed by atoms with Crippen LogP contribution in [0.15, 0.2) is 60.7 Å². The summed E-state index contributed by atoms with van der Waals surface area (Å²) < 4.78 is 0. The molecule has 3 aliphatic rings. The molecule has 4 nitrogen and oxygen atoms in total. The Labute approximate surface area is 176 Å². The van der Waals surface area contributed by atoms with E-state index in [0.717, 1.165) is 37.0 Å². The normalized spacial score (nSPS) is 31.6. The average molecular weight is 407 g/mol. The molecule has 0 aromatic heterocycles. The Kier molecular flexibility index (Phi) is 4.86. The lowest BCUT2D eigenvalue weighted by molar-refractivity contribution is -0.125. The molecule has 1 aliphatic carbocycles. The van der Waals surface area contributed by atoms with E-state index in [1.54, 1.807) is 0 Å². The Balaban J connectivity index is 1.53. The molecule has 1 saturated carbocycles. The summed E-state index contributed by atoms with van der Waals surface area (Å²) >= 11 is 1.86. The van der Waals surface area contributed by atoms with Crippen molar-refractivity contribution in [2.75, 3.05) is 5.75 Å². The highest BCUT2D eigenvalue weighted by Crippen LogP contribution is 2.53. The monoisotopic (exact) mass is 406 g/mol. The third-order valence-corrected chi connectivity index (χ3v) is 8.25. The predicted octanol–water partition coefficient (Wildman–Crippen LogP) is 4.35. The lowest BCUT2D eigenvalue weighted by Crippen LogP contribution is -2.47. The van der Waals surface area contributed by atoms with Crippen LogP contribution in [0.3, 0.4) is 0 Å². The fourth-order valence-corrected chi connectivity index (χ4v) is 7.04. The molecule has 0 spiro atoms. The molecule has 3 fully saturated rings. The van der Waals surface area contributed by atoms with Crippen LogP contribution in [0.1, 0.15) is 36.8 Å². The van der Waals surface area contributed by atoms with E-state index in [9.17, 15) is 9.59 Å². The Morgan fingerprint density at radius 2 is 1.72 bits per heavy atom. The minimum absolute atomic E-state index is 0.0249. The van der Waals surface area contributed by atoms with Gasteiger partial charge < -0.3 is 5.32 Å². The van der Waals surface area contributed by atoms with Crippen molar-refractivity contribution in [3.63, 3.8) is 0 Å². The molecule has 2 amide bonds. The Bertz CT molecular complexity index is 904. The second-order valence-electron chi connectivity index (χ2n) is 8.35. The highest BCUT2D eigenvalue weighted by Gasteiger charge is 2.58. The van der Waals surface area contributed by atoms with Crippen molar-refractivity contribution in [3.8, 4) is 0 Å². The number of nitrogens with one attached hydrogen (secondary N) is 1. The fourth-order valence-electron chi connectivity index (χ4n) is 5.31. The van der Waals surface area contributed by atoms with Gasteiger partial charge in [-0.15, -0.1) is 11.8 Å². The molecule has 1 N–H and O–H groups in total. The minimum atomic E-state index is -0.441. The molecule has 5 rings (SSSR count). The van der Waals surface area contributed by atoms with Crippen molar-refractivity contribution in [2.45, 2.75) is 49.1 Å². The quantitative estimate of drug-likeness (QED) is 0.821. The van der Waals surface area contributed by atoms with Gasteiger partial charge in [-0.2, -0.15) is 0 Å². The molecule has 2 saturated heterocycles. The van der Waals surface area contributed by atoms with Crippen molar-refractivity contribution >= 4 is 23.6 Å². The van der Waals surface area contributed by atoms with Gasteiger partial charge in [-0.3, -0.25) is 9.69 Å². The van der Waals surface area contributed by atoms with Gasteiger partial charge in [0.2, 0.25) is 0 Å². The van der Waals surface area contributed by atoms with Gasteiger partial charge in [-0.25, -0.2) is 4.79 Å². The second kappa shape index (κ2) is 7.52. The summed E-state index contributed by atoms with van der Waals surface area (Å²) in [6.45, 7) is 0. The number of fused-ring (bicyclic) bond motifs is 1. The minimum Gasteiger partial charge on any atom is -0.332 e. The van der Waals surface area contributed by atoms with E-state index in [2.05, 4.69) is 46.6 Å². The van der Waals surface area contributed by atoms with Gasteiger partial charge in [-0.05, 0) is 24.0 Å². The summed E-state index contributed by atoms with van der Waals surface area (Å²) in [5, 5.41) is 3.22. The zero-order valence-corrected chi connectivity index (χ0v) is 17.2. The van der Waals surface area contributed by atoms with Crippen LogP contribution >= 0.6 is 11.8 Å². The highest BCUT2D eigenvalue weighted by atomic mass is 32.2. The van der Waals surface area contributed by atoms with E-state index in [4.69, 9.17) is 0 Å². The molecular weight excluding hydrogens is 380 g/mol. The average Bonchev–Trinajstić information content (AvgIpc) is 3.30. The SMILES string of the molecule is O=C1CCCCC1[C@@H]1NC(=O)N2[C@H]1CS[C@@]2(Cc1ccccc1)c1ccccc1. The van der Waals surface area contributed by atoms with Crippen molar-refractivity contribution in [1.82, 2.24) is 10.2 Å². The third-order valence-electron chi connectivity index (χ3n) is 6.68. The molecule has 2 aliphatic heterocycles. The molecule has 2 aromatic carbocycles. The standard InChI is InChI=1S/C24H26N2O2S/c27-21-14-8-7-13-19(21)22-20-16-29-24(26(20)23(28)25-22,18-11-5-2-6-12-18)15-17-9-3-1-4-10-17/h1-6,9-12,19-20,22H,7-8,13-16H2,(H,25,28)/t19?,20-,22-,24-/m0/s1. The number of amides is 2. The number of carbonyl (C=O) groups excluding carboxylic acids is 2. The number of benzene rings is 2. The topological polar surface area (TPSA) is 49.4 Å². The van der Waals surface area contributed by atoms with E-state index < -0.39 is 4.87 Å². The molecular formula is C24H26N2O2S. The number of carbonyl (C=O) groups is 2. The van der Waals surface area contributed by atoms with Crippen LogP contribution in [-0.2, 0) is 16.1 Å². The van der Waals surface area contributed by atoms with Gasteiger partial charge in [0.15, 0.2) is 0 Å². The van der Waals surface area contributed by atoms with E-state index in [-0.39, 0.29) is 24.0 Å². The molecule has 2 heterocycles. The first kappa shape index (κ1) is 18.7. The Morgan fingerprint density at radius 3 is 2.45 bits per heavy atom. The Morgan fingerprint density at radius 1 is 1.00 bits per heavy atom. The van der Waals surface area contributed by atoms with E-state index in [1.165, 1.54) is 5.56 Å². The predicted molar refractivity (Wildman–Crippen MR) is 116 cm³/mol. The molecule has 29 heavy (non-hydrogen) atoms. The van der Waals surface area contributed by atoms with Crippen molar-refractivity contribution in [1.29, 1.82) is 0 Å². The maximum atomic E-state index is 13.3. The van der Waals surface area contributed by atoms with Gasteiger partial charge in [0.1, 0.15) is 10.7 Å². The number of nitrogens with zero attached hydrogens (tertiary/aromatic N) is 1. The fraction of sp³-hybridized carbons (Fsp3) is 0.417. The van der Waals surface area contributed by atoms with Crippen LogP contribution in [0.2, 0.25) is 0 Å². The summed E-state index contributed by atoms with van der Waals surface area (Å²) in [5.41, 5.74) is 2.37. The molecule has 0 radical (unpaired) electrons. The van der Waals surface area contributed by atoms with E-state index in [0.29, 0.717) is 12.2 Å². The zero-order valence-electron chi connectivity index (χ0n) is 16.4. The van der Waals surface area contributed by atoms with Crippen LogP contribution in [0.5, 0.6) is 0 Å². The van der Waals surface area contributed by atoms with Gasteiger partial charge in [0, 0.05) is 24.5 Å². The third kappa shape index (κ3) is 3.16. The Hall–Kier alpha value is -2.27. The maximum absolute atomic E-state index is 13.3. The molecule has 1 unspecified atom stereocenters. The molecule has 2 aromatic rings. The number of hydrogen-bond donors (Lipinski definition) is 1. The van der Waals surface area contributed by atoms with Crippen LogP contribution in [0.4, 0.5) is 4.79 Å². The maximum Gasteiger partial charge on any atom is 0.319 e. The van der Waals surface area contributed by atoms with Crippen LogP contribution in [0.25, 0.3) is 0 Å². The van der Waals surface area contributed by atoms with Crippen molar-refractivity contribution in [2.24, 2.45) is 5.92 Å². The lowest BCUT2D eigenvalue weighted by atomic mass is 9.80. The molecule has 0 bridgehead atoms. The number of rotatable bonds is 4. The second-order valence-corrected chi connectivity index (χ2v) is 9.65.